The van der Waals surface area contributed by atoms with Gasteiger partial charge in [-0.3, -0.25) is 14.9 Å². The van der Waals surface area contributed by atoms with E-state index in [1.54, 1.807) is 32.7 Å². The zero-order chi connectivity index (χ0) is 22.1. The molecule has 5 rings (SSSR count). The van der Waals surface area contributed by atoms with E-state index in [1.807, 2.05) is 36.4 Å². The van der Waals surface area contributed by atoms with Crippen LogP contribution in [0.5, 0.6) is 11.5 Å². The topological polar surface area (TPSA) is 118 Å². The number of carbonyl (C=O) groups excluding carboxylic acids is 1. The van der Waals surface area contributed by atoms with Crippen LogP contribution in [0.3, 0.4) is 0 Å². The molecule has 160 valence electrons. The first-order valence-electron chi connectivity index (χ1n) is 9.93. The summed E-state index contributed by atoms with van der Waals surface area (Å²) in [6.45, 7) is 0.327. The summed E-state index contributed by atoms with van der Waals surface area (Å²) >= 11 is 0. The molecule has 0 aliphatic carbocycles. The summed E-state index contributed by atoms with van der Waals surface area (Å²) in [5.41, 5.74) is 4.93. The quantitative estimate of drug-likeness (QED) is 0.381. The first kappa shape index (κ1) is 19.6. The molecule has 3 heterocycles. The molecule has 0 bridgehead atoms. The Morgan fingerprint density at radius 2 is 1.81 bits per heavy atom. The van der Waals surface area contributed by atoms with Crippen molar-refractivity contribution in [1.82, 2.24) is 30.5 Å². The second-order valence-electron chi connectivity index (χ2n) is 7.18. The van der Waals surface area contributed by atoms with E-state index in [0.717, 1.165) is 33.2 Å². The number of nitrogens with zero attached hydrogens (tertiary/aromatic N) is 3. The monoisotopic (exact) mass is 428 g/mol. The van der Waals surface area contributed by atoms with Crippen molar-refractivity contribution in [2.45, 2.75) is 6.54 Å². The number of pyridine rings is 1. The summed E-state index contributed by atoms with van der Waals surface area (Å²) in [4.78, 5) is 24.3. The van der Waals surface area contributed by atoms with Crippen molar-refractivity contribution in [2.75, 3.05) is 14.2 Å². The van der Waals surface area contributed by atoms with E-state index < -0.39 is 0 Å². The number of carbonyl (C=O) groups is 1. The van der Waals surface area contributed by atoms with Crippen LogP contribution in [0, 0.1) is 0 Å². The highest BCUT2D eigenvalue weighted by Gasteiger charge is 2.15. The molecule has 32 heavy (non-hydrogen) atoms. The normalized spacial score (nSPS) is 11.1. The van der Waals surface area contributed by atoms with Crippen LogP contribution in [0.1, 0.15) is 16.2 Å². The van der Waals surface area contributed by atoms with Gasteiger partial charge in [-0.2, -0.15) is 5.10 Å². The lowest BCUT2D eigenvalue weighted by molar-refractivity contribution is 0.0941. The first-order valence-corrected chi connectivity index (χ1v) is 9.93. The van der Waals surface area contributed by atoms with Crippen LogP contribution in [-0.2, 0) is 6.54 Å². The van der Waals surface area contributed by atoms with Crippen molar-refractivity contribution in [1.29, 1.82) is 0 Å². The number of aromatic nitrogens is 5. The van der Waals surface area contributed by atoms with Crippen molar-refractivity contribution in [3.63, 3.8) is 0 Å². The maximum atomic E-state index is 12.7. The number of methoxy groups -OCH3 is 2. The minimum Gasteiger partial charge on any atom is -0.493 e. The average molecular weight is 428 g/mol. The molecular weight excluding hydrogens is 408 g/mol. The van der Waals surface area contributed by atoms with Crippen molar-refractivity contribution in [3.05, 3.63) is 66.2 Å². The Labute approximate surface area is 182 Å². The summed E-state index contributed by atoms with van der Waals surface area (Å²) in [6, 6.07) is 13.1. The van der Waals surface area contributed by atoms with E-state index in [4.69, 9.17) is 9.47 Å². The maximum absolute atomic E-state index is 12.7. The van der Waals surface area contributed by atoms with Crippen LogP contribution in [-0.4, -0.2) is 45.3 Å². The van der Waals surface area contributed by atoms with Gasteiger partial charge in [0.15, 0.2) is 17.3 Å². The second-order valence-corrected chi connectivity index (χ2v) is 7.18. The molecule has 0 saturated carbocycles. The highest BCUT2D eigenvalue weighted by Crippen LogP contribution is 2.29. The van der Waals surface area contributed by atoms with Crippen LogP contribution < -0.4 is 14.8 Å². The molecule has 0 fully saturated rings. The number of nitrogens with one attached hydrogen (secondary N) is 3. The predicted molar refractivity (Wildman–Crippen MR) is 120 cm³/mol. The fourth-order valence-electron chi connectivity index (χ4n) is 3.62. The van der Waals surface area contributed by atoms with Crippen LogP contribution in [0.4, 0.5) is 0 Å². The van der Waals surface area contributed by atoms with Crippen molar-refractivity contribution < 1.29 is 14.3 Å². The third kappa shape index (κ3) is 3.49. The minimum absolute atomic E-state index is 0.242. The Bertz CT molecular complexity index is 1420. The van der Waals surface area contributed by atoms with Crippen LogP contribution >= 0.6 is 0 Å². The van der Waals surface area contributed by atoms with Gasteiger partial charge in [0.2, 0.25) is 0 Å². The molecule has 0 aliphatic rings. The maximum Gasteiger partial charge on any atom is 0.287 e. The van der Waals surface area contributed by atoms with Gasteiger partial charge in [0, 0.05) is 29.9 Å². The van der Waals surface area contributed by atoms with E-state index >= 15 is 0 Å². The molecule has 5 aromatic rings. The highest BCUT2D eigenvalue weighted by molar-refractivity contribution is 6.02. The number of ether oxygens (including phenoxy) is 2. The average Bonchev–Trinajstić information content (AvgIpc) is 3.44. The van der Waals surface area contributed by atoms with Gasteiger partial charge in [-0.15, -0.1) is 0 Å². The molecule has 0 spiro atoms. The van der Waals surface area contributed by atoms with E-state index in [0.29, 0.717) is 23.6 Å². The molecule has 9 heteroatoms. The minimum atomic E-state index is -0.299. The predicted octanol–water partition coefficient (Wildman–Crippen LogP) is 3.45. The van der Waals surface area contributed by atoms with E-state index in [-0.39, 0.29) is 11.7 Å². The fraction of sp³-hybridized carbons (Fsp3) is 0.130. The third-order valence-corrected chi connectivity index (χ3v) is 5.23. The molecule has 0 aliphatic heterocycles. The van der Waals surface area contributed by atoms with Gasteiger partial charge in [-0.1, -0.05) is 6.07 Å². The van der Waals surface area contributed by atoms with Gasteiger partial charge < -0.3 is 19.8 Å². The Hall–Kier alpha value is -4.40. The molecule has 3 N–H and O–H groups in total. The van der Waals surface area contributed by atoms with Crippen LogP contribution in [0.2, 0.25) is 0 Å². The Balaban J connectivity index is 1.39. The number of hydrogen-bond donors (Lipinski definition) is 3. The van der Waals surface area contributed by atoms with E-state index in [1.165, 1.54) is 0 Å². The fourth-order valence-corrected chi connectivity index (χ4v) is 3.62. The standard InChI is InChI=1S/C23H20N6O3/c1-31-19-4-3-13(9-20(19)32-2)12-25-23(30)22-26-17-10-15-16(11-18(17)27-22)28-29-21(15)14-5-7-24-8-6-14/h3-11H,12H2,1-2H3,(H,25,30)(H,26,27)(H,28,29). The molecule has 0 radical (unpaired) electrons. The highest BCUT2D eigenvalue weighted by atomic mass is 16.5. The molecule has 9 nitrogen and oxygen atoms in total. The van der Waals surface area contributed by atoms with Gasteiger partial charge in [0.25, 0.3) is 5.91 Å². The lowest BCUT2D eigenvalue weighted by Crippen LogP contribution is -2.23. The van der Waals surface area contributed by atoms with Gasteiger partial charge in [0.05, 0.1) is 30.8 Å². The number of rotatable bonds is 6. The number of hydrogen-bond acceptors (Lipinski definition) is 6. The lowest BCUT2D eigenvalue weighted by atomic mass is 10.1. The largest absolute Gasteiger partial charge is 0.493 e. The van der Waals surface area contributed by atoms with Gasteiger partial charge >= 0.3 is 0 Å². The zero-order valence-corrected chi connectivity index (χ0v) is 17.5. The van der Waals surface area contributed by atoms with Crippen LogP contribution in [0.25, 0.3) is 33.2 Å². The summed E-state index contributed by atoms with van der Waals surface area (Å²) < 4.78 is 10.6. The molecule has 2 aromatic carbocycles. The molecular formula is C23H20N6O3. The molecule has 0 unspecified atom stereocenters. The summed E-state index contributed by atoms with van der Waals surface area (Å²) in [7, 11) is 3.16. The van der Waals surface area contributed by atoms with E-state index in [9.17, 15) is 4.79 Å². The SMILES string of the molecule is COc1ccc(CNC(=O)c2nc3cc4c(-c5ccncc5)n[nH]c4cc3[nH]2)cc1OC. The first-order chi connectivity index (χ1) is 15.7. The number of fused-ring (bicyclic) bond motifs is 2. The van der Waals surface area contributed by atoms with E-state index in [2.05, 4.69) is 30.5 Å². The van der Waals surface area contributed by atoms with Crippen molar-refractivity contribution in [3.8, 4) is 22.8 Å². The number of amides is 1. The number of imidazole rings is 1. The summed E-state index contributed by atoms with van der Waals surface area (Å²) in [5, 5.41) is 11.3. The summed E-state index contributed by atoms with van der Waals surface area (Å²) in [5.74, 6) is 1.19. The Morgan fingerprint density at radius 1 is 1.00 bits per heavy atom. The number of benzene rings is 2. The second kappa shape index (κ2) is 8.03. The summed E-state index contributed by atoms with van der Waals surface area (Å²) in [6.07, 6.45) is 3.45. The molecule has 1 amide bonds. The third-order valence-electron chi connectivity index (χ3n) is 5.23. The molecule has 0 atom stereocenters. The number of H-pyrrole nitrogens is 2. The van der Waals surface area contributed by atoms with Crippen LogP contribution in [0.15, 0.2) is 54.9 Å². The van der Waals surface area contributed by atoms with Gasteiger partial charge in [-0.05, 0) is 42.0 Å². The van der Waals surface area contributed by atoms with Gasteiger partial charge in [-0.25, -0.2) is 4.98 Å². The lowest BCUT2D eigenvalue weighted by Gasteiger charge is -2.10. The smallest absolute Gasteiger partial charge is 0.287 e. The van der Waals surface area contributed by atoms with Crippen molar-refractivity contribution >= 4 is 27.8 Å². The zero-order valence-electron chi connectivity index (χ0n) is 17.5. The number of aromatic amines is 2. The Kier molecular flexibility index (Phi) is 4.91. The van der Waals surface area contributed by atoms with Crippen molar-refractivity contribution in [2.24, 2.45) is 0 Å². The van der Waals surface area contributed by atoms with Gasteiger partial charge in [0.1, 0.15) is 5.69 Å². The molecule has 0 saturated heterocycles. The Morgan fingerprint density at radius 3 is 2.59 bits per heavy atom. The molecule has 3 aromatic heterocycles.